The number of hydrogen-bond donors (Lipinski definition) is 2. The number of rotatable bonds is 2. The number of halogens is 2. The van der Waals surface area contributed by atoms with Crippen LogP contribution >= 0.6 is 11.6 Å². The molecule has 1 fully saturated rings. The van der Waals surface area contributed by atoms with E-state index in [-0.39, 0.29) is 23.6 Å². The average Bonchev–Trinajstić information content (AvgIpc) is 2.74. The molecule has 5 nitrogen and oxygen atoms in total. The number of β-amino-alcohol motifs (C(OH)–C–C–N with tert-alkyl or cyclic N) is 1. The van der Waals surface area contributed by atoms with Gasteiger partial charge in [-0.15, -0.1) is 0 Å². The zero-order valence-corrected chi connectivity index (χ0v) is 10.5. The molecule has 19 heavy (non-hydrogen) atoms. The van der Waals surface area contributed by atoms with Crippen LogP contribution < -0.4 is 0 Å². The minimum atomic E-state index is -1.21. The van der Waals surface area contributed by atoms with Crippen LogP contribution in [0.5, 0.6) is 0 Å². The third-order valence-electron chi connectivity index (χ3n) is 3.01. The molecule has 102 valence electrons. The summed E-state index contributed by atoms with van der Waals surface area (Å²) in [5.74, 6) is -2.66. The summed E-state index contributed by atoms with van der Waals surface area (Å²) in [7, 11) is 0. The van der Waals surface area contributed by atoms with E-state index in [1.165, 1.54) is 12.1 Å². The number of likely N-dealkylation sites (tertiary alicyclic amines) is 1. The van der Waals surface area contributed by atoms with Gasteiger partial charge in [0.1, 0.15) is 11.9 Å². The molecule has 0 saturated carbocycles. The third-order valence-corrected chi connectivity index (χ3v) is 3.39. The van der Waals surface area contributed by atoms with E-state index in [1.807, 2.05) is 0 Å². The Balaban J connectivity index is 2.33. The predicted molar refractivity (Wildman–Crippen MR) is 64.5 cm³/mol. The van der Waals surface area contributed by atoms with E-state index in [1.54, 1.807) is 0 Å². The first kappa shape index (κ1) is 13.8. The standard InChI is InChI=1S/C12H11ClFNO4/c13-10-7(2-1-3-8(10)14)11(17)15-5-6(16)4-9(15)12(18)19/h1-3,6,9,16H,4-5H2,(H,18,19). The number of aliphatic carboxylic acids is 1. The van der Waals surface area contributed by atoms with Crippen LogP contribution in [0.25, 0.3) is 0 Å². The summed E-state index contributed by atoms with van der Waals surface area (Å²) in [6.07, 6.45) is -0.953. The van der Waals surface area contributed by atoms with Crippen LogP contribution in [0.3, 0.4) is 0 Å². The second-order valence-electron chi connectivity index (χ2n) is 4.30. The maximum absolute atomic E-state index is 13.3. The molecule has 7 heteroatoms. The molecule has 0 aliphatic carbocycles. The lowest BCUT2D eigenvalue weighted by atomic mass is 10.1. The van der Waals surface area contributed by atoms with Crippen molar-refractivity contribution in [3.8, 4) is 0 Å². The summed E-state index contributed by atoms with van der Waals surface area (Å²) < 4.78 is 13.3. The van der Waals surface area contributed by atoms with Crippen molar-refractivity contribution in [1.29, 1.82) is 0 Å². The molecule has 1 aromatic rings. The first-order valence-corrected chi connectivity index (χ1v) is 5.95. The molecule has 2 unspecified atom stereocenters. The smallest absolute Gasteiger partial charge is 0.326 e. The van der Waals surface area contributed by atoms with Crippen LogP contribution in [0.15, 0.2) is 18.2 Å². The minimum Gasteiger partial charge on any atom is -0.480 e. The molecule has 0 aromatic heterocycles. The van der Waals surface area contributed by atoms with Gasteiger partial charge in [-0.25, -0.2) is 9.18 Å². The van der Waals surface area contributed by atoms with E-state index in [0.29, 0.717) is 0 Å². The monoisotopic (exact) mass is 287 g/mol. The Kier molecular flexibility index (Phi) is 3.73. The van der Waals surface area contributed by atoms with E-state index in [0.717, 1.165) is 11.0 Å². The number of amides is 1. The molecular formula is C12H11ClFNO4. The van der Waals surface area contributed by atoms with E-state index in [4.69, 9.17) is 16.7 Å². The number of hydrogen-bond acceptors (Lipinski definition) is 3. The van der Waals surface area contributed by atoms with E-state index >= 15 is 0 Å². The molecule has 1 aliphatic rings. The number of carbonyl (C=O) groups is 2. The highest BCUT2D eigenvalue weighted by atomic mass is 35.5. The molecule has 1 heterocycles. The maximum Gasteiger partial charge on any atom is 0.326 e. The Labute approximate surface area is 113 Å². The lowest BCUT2D eigenvalue weighted by molar-refractivity contribution is -0.141. The molecule has 1 amide bonds. The van der Waals surface area contributed by atoms with Gasteiger partial charge in [-0.1, -0.05) is 17.7 Å². The van der Waals surface area contributed by atoms with E-state index < -0.39 is 29.8 Å². The fourth-order valence-corrected chi connectivity index (χ4v) is 2.30. The number of benzene rings is 1. The van der Waals surface area contributed by atoms with Gasteiger partial charge in [-0.05, 0) is 12.1 Å². The largest absolute Gasteiger partial charge is 0.480 e. The van der Waals surface area contributed by atoms with Crippen LogP contribution in [0.1, 0.15) is 16.8 Å². The highest BCUT2D eigenvalue weighted by Gasteiger charge is 2.39. The maximum atomic E-state index is 13.3. The Morgan fingerprint density at radius 2 is 2.11 bits per heavy atom. The number of aliphatic hydroxyl groups excluding tert-OH is 1. The van der Waals surface area contributed by atoms with Gasteiger partial charge in [0.05, 0.1) is 16.7 Å². The lowest BCUT2D eigenvalue weighted by Gasteiger charge is -2.21. The molecule has 1 saturated heterocycles. The van der Waals surface area contributed by atoms with Gasteiger partial charge >= 0.3 is 5.97 Å². The number of carboxylic acids is 1. The van der Waals surface area contributed by atoms with Gasteiger partial charge in [0.15, 0.2) is 0 Å². The molecule has 1 aromatic carbocycles. The van der Waals surface area contributed by atoms with Crippen LogP contribution in [-0.2, 0) is 4.79 Å². The fourth-order valence-electron chi connectivity index (χ4n) is 2.10. The zero-order chi connectivity index (χ0) is 14.2. The molecule has 2 rings (SSSR count). The van der Waals surface area contributed by atoms with Crippen LogP contribution in [-0.4, -0.2) is 45.7 Å². The minimum absolute atomic E-state index is 0.0476. The van der Waals surface area contributed by atoms with Crippen LogP contribution in [0.2, 0.25) is 5.02 Å². The highest BCUT2D eigenvalue weighted by Crippen LogP contribution is 2.25. The van der Waals surface area contributed by atoms with Crippen LogP contribution in [0, 0.1) is 5.82 Å². The predicted octanol–water partition coefficient (Wildman–Crippen LogP) is 1.14. The summed E-state index contributed by atoms with van der Waals surface area (Å²) in [5.41, 5.74) is -0.109. The summed E-state index contributed by atoms with van der Waals surface area (Å²) >= 11 is 5.70. The van der Waals surface area contributed by atoms with Crippen molar-refractivity contribution in [2.45, 2.75) is 18.6 Å². The topological polar surface area (TPSA) is 77.8 Å². The van der Waals surface area contributed by atoms with E-state index in [9.17, 15) is 19.1 Å². The second-order valence-corrected chi connectivity index (χ2v) is 4.68. The summed E-state index contributed by atoms with van der Waals surface area (Å²) in [5, 5.41) is 18.1. The molecule has 0 bridgehead atoms. The summed E-state index contributed by atoms with van der Waals surface area (Å²) in [4.78, 5) is 24.2. The first-order valence-electron chi connectivity index (χ1n) is 5.57. The van der Waals surface area contributed by atoms with Gasteiger partial charge in [0.2, 0.25) is 0 Å². The van der Waals surface area contributed by atoms with Crippen molar-refractivity contribution in [3.05, 3.63) is 34.6 Å². The van der Waals surface area contributed by atoms with Gasteiger partial charge < -0.3 is 15.1 Å². The normalized spacial score (nSPS) is 22.6. The van der Waals surface area contributed by atoms with Crippen molar-refractivity contribution in [2.24, 2.45) is 0 Å². The Hall–Kier alpha value is -1.66. The van der Waals surface area contributed by atoms with Crippen molar-refractivity contribution in [2.75, 3.05) is 6.54 Å². The van der Waals surface area contributed by atoms with Gasteiger partial charge in [0.25, 0.3) is 5.91 Å². The van der Waals surface area contributed by atoms with E-state index in [2.05, 4.69) is 0 Å². The average molecular weight is 288 g/mol. The fraction of sp³-hybridized carbons (Fsp3) is 0.333. The van der Waals surface area contributed by atoms with Crippen molar-refractivity contribution >= 4 is 23.5 Å². The van der Waals surface area contributed by atoms with Crippen molar-refractivity contribution in [3.63, 3.8) is 0 Å². The van der Waals surface area contributed by atoms with Crippen molar-refractivity contribution < 1.29 is 24.2 Å². The summed E-state index contributed by atoms with van der Waals surface area (Å²) in [6.45, 7) is -0.108. The quantitative estimate of drug-likeness (QED) is 0.855. The Bertz CT molecular complexity index is 536. The number of carboxylic acid groups (broad SMARTS) is 1. The summed E-state index contributed by atoms with van der Waals surface area (Å²) in [6, 6.07) is 2.61. The molecule has 1 aliphatic heterocycles. The van der Waals surface area contributed by atoms with Crippen molar-refractivity contribution in [1.82, 2.24) is 4.90 Å². The van der Waals surface area contributed by atoms with Gasteiger partial charge in [-0.2, -0.15) is 0 Å². The number of aliphatic hydroxyl groups is 1. The highest BCUT2D eigenvalue weighted by molar-refractivity contribution is 6.34. The SMILES string of the molecule is O=C(O)C1CC(O)CN1C(=O)c1cccc(F)c1Cl. The molecule has 2 N–H and O–H groups in total. The lowest BCUT2D eigenvalue weighted by Crippen LogP contribution is -2.40. The second kappa shape index (κ2) is 5.14. The molecule has 0 spiro atoms. The molecular weight excluding hydrogens is 277 g/mol. The molecule has 0 radical (unpaired) electrons. The third kappa shape index (κ3) is 2.54. The number of nitrogens with zero attached hydrogens (tertiary/aromatic N) is 1. The Morgan fingerprint density at radius 1 is 1.42 bits per heavy atom. The van der Waals surface area contributed by atoms with Crippen LogP contribution in [0.4, 0.5) is 4.39 Å². The molecule has 2 atom stereocenters. The first-order chi connectivity index (χ1) is 8.91. The van der Waals surface area contributed by atoms with Gasteiger partial charge in [-0.3, -0.25) is 4.79 Å². The Morgan fingerprint density at radius 3 is 2.74 bits per heavy atom. The number of carbonyl (C=O) groups excluding carboxylic acids is 1. The van der Waals surface area contributed by atoms with Gasteiger partial charge in [0, 0.05) is 13.0 Å². The zero-order valence-electron chi connectivity index (χ0n) is 9.72.